The highest BCUT2D eigenvalue weighted by molar-refractivity contribution is 9.10. The van der Waals surface area contributed by atoms with Gasteiger partial charge >= 0.3 is 0 Å². The number of halogens is 1. The van der Waals surface area contributed by atoms with Crippen LogP contribution in [0.1, 0.15) is 16.8 Å². The lowest BCUT2D eigenvalue weighted by Crippen LogP contribution is -2.42. The van der Waals surface area contributed by atoms with Crippen LogP contribution in [0.5, 0.6) is 11.5 Å². The Balaban J connectivity index is 1.49. The molecule has 0 bridgehead atoms. The molecule has 36 heavy (non-hydrogen) atoms. The smallest absolute Gasteiger partial charge is 0.259 e. The van der Waals surface area contributed by atoms with Gasteiger partial charge in [-0.15, -0.1) is 0 Å². The third kappa shape index (κ3) is 6.71. The van der Waals surface area contributed by atoms with E-state index in [-0.39, 0.29) is 5.91 Å². The Bertz CT molecular complexity index is 1120. The summed E-state index contributed by atoms with van der Waals surface area (Å²) in [7, 11) is 1.57. The maximum absolute atomic E-state index is 13.0. The number of nitrogen functional groups attached to an aromatic ring is 1. The summed E-state index contributed by atoms with van der Waals surface area (Å²) in [6, 6.07) is 7.11. The molecule has 3 heterocycles. The molecule has 0 radical (unpaired) electrons. The minimum atomic E-state index is -0.378. The Morgan fingerprint density at radius 1 is 1.31 bits per heavy atom. The maximum atomic E-state index is 13.0. The summed E-state index contributed by atoms with van der Waals surface area (Å²) >= 11 is 3.31. The zero-order valence-corrected chi connectivity index (χ0v) is 21.7. The number of nitrogens with one attached hydrogen (secondary N) is 1. The fourth-order valence-corrected chi connectivity index (χ4v) is 4.12. The van der Waals surface area contributed by atoms with Gasteiger partial charge in [0, 0.05) is 32.4 Å². The Kier molecular flexibility index (Phi) is 9.09. The van der Waals surface area contributed by atoms with Crippen molar-refractivity contribution in [2.24, 2.45) is 9.98 Å². The van der Waals surface area contributed by atoms with Crippen LogP contribution in [0.4, 0.5) is 11.5 Å². The number of nitrogens with zero attached hydrogens (tertiary/aromatic N) is 5. The Morgan fingerprint density at radius 3 is 2.86 bits per heavy atom. The number of methoxy groups -OCH3 is 1. The van der Waals surface area contributed by atoms with Crippen molar-refractivity contribution in [3.05, 3.63) is 40.5 Å². The Hall–Kier alpha value is -3.22. The second-order valence-electron chi connectivity index (χ2n) is 8.16. The number of ether oxygens (including phenoxy) is 3. The van der Waals surface area contributed by atoms with Gasteiger partial charge in [-0.1, -0.05) is 6.07 Å². The van der Waals surface area contributed by atoms with Gasteiger partial charge in [0.15, 0.2) is 11.5 Å². The number of rotatable bonds is 8. The van der Waals surface area contributed by atoms with Crippen molar-refractivity contribution in [2.45, 2.75) is 6.42 Å². The number of carbonyl (C=O) groups excluding carboxylic acids is 1. The average molecular weight is 560 g/mol. The second kappa shape index (κ2) is 12.7. The molecular weight excluding hydrogens is 530 g/mol. The molecule has 0 spiro atoms. The summed E-state index contributed by atoms with van der Waals surface area (Å²) in [5.74, 6) is 1.32. The number of anilines is 1. The molecule has 0 unspecified atom stereocenters. The number of aromatic nitrogens is 1. The first-order valence-electron chi connectivity index (χ1n) is 11.7. The Morgan fingerprint density at radius 2 is 2.14 bits per heavy atom. The number of carbonyl (C=O) groups is 1. The predicted octanol–water partition coefficient (Wildman–Crippen LogP) is 2.30. The molecule has 0 aliphatic carbocycles. The molecule has 11 nitrogen and oxygen atoms in total. The van der Waals surface area contributed by atoms with E-state index in [9.17, 15) is 4.79 Å². The number of para-hydroxylation sites is 1. The van der Waals surface area contributed by atoms with Gasteiger partial charge in [0.25, 0.3) is 5.91 Å². The number of nitrogens with two attached hydrogens (primary N) is 1. The van der Waals surface area contributed by atoms with Gasteiger partial charge in [0.05, 0.1) is 49.8 Å². The van der Waals surface area contributed by atoms with E-state index in [1.165, 1.54) is 6.20 Å². The Labute approximate surface area is 218 Å². The van der Waals surface area contributed by atoms with Gasteiger partial charge in [0.1, 0.15) is 11.5 Å². The van der Waals surface area contributed by atoms with Crippen LogP contribution in [-0.4, -0.2) is 92.6 Å². The highest BCUT2D eigenvalue weighted by Gasteiger charge is 2.20. The van der Waals surface area contributed by atoms with Crippen LogP contribution < -0.4 is 20.5 Å². The van der Waals surface area contributed by atoms with Gasteiger partial charge in [-0.25, -0.2) is 9.98 Å². The summed E-state index contributed by atoms with van der Waals surface area (Å²) < 4.78 is 17.6. The molecule has 4 rings (SSSR count). The van der Waals surface area contributed by atoms with Crippen LogP contribution in [0.2, 0.25) is 0 Å². The van der Waals surface area contributed by atoms with Crippen molar-refractivity contribution in [3.63, 3.8) is 0 Å². The zero-order chi connectivity index (χ0) is 25.3. The lowest BCUT2D eigenvalue weighted by molar-refractivity contribution is 0.0357. The topological polar surface area (TPSA) is 127 Å². The standard InChI is InChI=1S/C24H30BrN7O4/c1-34-21-19(4-2-5-20(21)36-11-3-7-31-9-12-35-13-10-31)29-24(32-8-6-27-16-32)30-23(33)17-14-18(25)22(26)28-15-17/h2,4-5,14-16H,3,6-13H2,1H3,(H2,26,28)(H,29,30,33). The molecule has 2 aliphatic heterocycles. The third-order valence-corrected chi connectivity index (χ3v) is 6.32. The molecule has 12 heteroatoms. The summed E-state index contributed by atoms with van der Waals surface area (Å²) in [5, 5.41) is 2.86. The zero-order valence-electron chi connectivity index (χ0n) is 20.2. The minimum Gasteiger partial charge on any atom is -0.491 e. The van der Waals surface area contributed by atoms with Gasteiger partial charge in [0.2, 0.25) is 5.96 Å². The fraction of sp³-hybridized carbons (Fsp3) is 0.417. The molecule has 3 N–H and O–H groups in total. The molecule has 1 aromatic heterocycles. The molecule has 192 valence electrons. The fourth-order valence-electron chi connectivity index (χ4n) is 3.77. The molecular formula is C24H30BrN7O4. The van der Waals surface area contributed by atoms with Gasteiger partial charge in [-0.3, -0.25) is 20.0 Å². The van der Waals surface area contributed by atoms with E-state index in [0.717, 1.165) is 39.3 Å². The molecule has 1 fully saturated rings. The van der Waals surface area contributed by atoms with E-state index in [1.54, 1.807) is 30.5 Å². The van der Waals surface area contributed by atoms with E-state index in [1.807, 2.05) is 12.1 Å². The van der Waals surface area contributed by atoms with Crippen molar-refractivity contribution in [1.82, 2.24) is 20.1 Å². The molecule has 1 saturated heterocycles. The molecule has 2 aromatic rings. The number of benzene rings is 1. The lowest BCUT2D eigenvalue weighted by Gasteiger charge is -2.26. The van der Waals surface area contributed by atoms with E-state index in [4.69, 9.17) is 24.9 Å². The number of pyridine rings is 1. The summed E-state index contributed by atoms with van der Waals surface area (Å²) in [6.07, 6.45) is 3.94. The van der Waals surface area contributed by atoms with Crippen LogP contribution in [0.3, 0.4) is 0 Å². The number of aliphatic imine (C=N–C) groups is 2. The summed E-state index contributed by atoms with van der Waals surface area (Å²) in [4.78, 5) is 30.1. The third-order valence-electron chi connectivity index (χ3n) is 5.69. The maximum Gasteiger partial charge on any atom is 0.259 e. The molecule has 1 aromatic carbocycles. The number of hydrogen-bond acceptors (Lipinski definition) is 9. The molecule has 0 atom stereocenters. The van der Waals surface area contributed by atoms with Crippen molar-refractivity contribution >= 4 is 45.6 Å². The van der Waals surface area contributed by atoms with E-state index >= 15 is 0 Å². The summed E-state index contributed by atoms with van der Waals surface area (Å²) in [5.41, 5.74) is 6.61. The first kappa shape index (κ1) is 25.9. The highest BCUT2D eigenvalue weighted by atomic mass is 79.9. The van der Waals surface area contributed by atoms with Crippen molar-refractivity contribution < 1.29 is 19.0 Å². The van der Waals surface area contributed by atoms with Gasteiger partial charge in [-0.05, 0) is 40.5 Å². The van der Waals surface area contributed by atoms with Gasteiger partial charge < -0.3 is 24.8 Å². The van der Waals surface area contributed by atoms with Crippen molar-refractivity contribution in [1.29, 1.82) is 0 Å². The van der Waals surface area contributed by atoms with E-state index in [2.05, 4.69) is 36.1 Å². The number of guanidine groups is 1. The lowest BCUT2D eigenvalue weighted by atomic mass is 10.2. The van der Waals surface area contributed by atoms with E-state index in [0.29, 0.717) is 58.7 Å². The SMILES string of the molecule is COc1c(N=C(NC(=O)c2cnc(N)c(Br)c2)N2C=NCC2)cccc1OCCCN1CCOCC1. The predicted molar refractivity (Wildman–Crippen MR) is 141 cm³/mol. The van der Waals surface area contributed by atoms with Crippen LogP contribution in [0.15, 0.2) is 44.9 Å². The van der Waals surface area contributed by atoms with Crippen LogP contribution in [-0.2, 0) is 4.74 Å². The highest BCUT2D eigenvalue weighted by Crippen LogP contribution is 2.37. The largest absolute Gasteiger partial charge is 0.491 e. The first-order chi connectivity index (χ1) is 17.5. The van der Waals surface area contributed by atoms with Crippen LogP contribution in [0, 0.1) is 0 Å². The van der Waals surface area contributed by atoms with Crippen molar-refractivity contribution in [3.8, 4) is 11.5 Å². The second-order valence-corrected chi connectivity index (χ2v) is 9.01. The van der Waals surface area contributed by atoms with Crippen molar-refractivity contribution in [2.75, 3.05) is 65.4 Å². The van der Waals surface area contributed by atoms with E-state index < -0.39 is 0 Å². The minimum absolute atomic E-state index is 0.304. The quantitative estimate of drug-likeness (QED) is 0.286. The molecule has 2 aliphatic rings. The normalized spacial score (nSPS) is 16.3. The number of amides is 1. The first-order valence-corrected chi connectivity index (χ1v) is 12.5. The summed E-state index contributed by atoms with van der Waals surface area (Å²) in [6.45, 7) is 6.14. The van der Waals surface area contributed by atoms with Gasteiger partial charge in [-0.2, -0.15) is 0 Å². The number of morpholine rings is 1. The number of hydrogen-bond donors (Lipinski definition) is 2. The monoisotopic (exact) mass is 559 g/mol. The molecule has 1 amide bonds. The molecule has 0 saturated carbocycles. The average Bonchev–Trinajstić information content (AvgIpc) is 3.43. The van der Waals surface area contributed by atoms with Crippen LogP contribution >= 0.6 is 15.9 Å². The van der Waals surface area contributed by atoms with Crippen LogP contribution in [0.25, 0.3) is 0 Å².